The molecule has 0 spiro atoms. The Kier molecular flexibility index (Phi) is 8.76. The maximum Gasteiger partial charge on any atom is 0.312 e. The number of hydrogen-bond acceptors (Lipinski definition) is 5. The molecule has 1 amide bonds. The number of sulfone groups is 1. The third kappa shape index (κ3) is 5.19. The van der Waals surface area contributed by atoms with E-state index in [9.17, 15) is 27.5 Å². The Labute approximate surface area is 318 Å². The molecule has 53 heavy (non-hydrogen) atoms. The normalized spacial score (nSPS) is 47.8. The summed E-state index contributed by atoms with van der Waals surface area (Å²) >= 11 is 0. The fraction of sp³-hybridized carbons (Fsp3) is 0.818. The lowest BCUT2D eigenvalue weighted by Crippen LogP contribution is -2.68. The molecule has 0 aromatic carbocycles. The molecule has 294 valence electrons. The number of fused-ring (bicyclic) bond motifs is 9. The number of carboxylic acids is 1. The molecule has 2 saturated heterocycles. The van der Waals surface area contributed by atoms with Gasteiger partial charge in [-0.05, 0) is 153 Å². The van der Waals surface area contributed by atoms with Crippen molar-refractivity contribution in [1.29, 1.82) is 0 Å². The molecule has 2 bridgehead atoms. The van der Waals surface area contributed by atoms with Gasteiger partial charge in [0.1, 0.15) is 6.67 Å². The number of allylic oxidation sites excluding steroid dienone is 5. The number of carbonyl (C=O) groups excluding carboxylic acids is 1. The molecule has 2 aliphatic heterocycles. The van der Waals surface area contributed by atoms with Crippen LogP contribution in [-0.4, -0.2) is 72.6 Å². The minimum Gasteiger partial charge on any atom is -0.481 e. The molecule has 9 heteroatoms. The van der Waals surface area contributed by atoms with Crippen molar-refractivity contribution < 1.29 is 27.5 Å². The van der Waals surface area contributed by atoms with Gasteiger partial charge in [0.15, 0.2) is 9.84 Å². The fourth-order valence-corrected chi connectivity index (χ4v) is 17.5. The van der Waals surface area contributed by atoms with Crippen molar-refractivity contribution in [2.75, 3.05) is 25.5 Å². The van der Waals surface area contributed by atoms with Crippen molar-refractivity contribution in [3.8, 4) is 0 Å². The first-order valence-electron chi connectivity index (χ1n) is 20.9. The Morgan fingerprint density at radius 2 is 1.72 bits per heavy atom. The fourth-order valence-electron chi connectivity index (χ4n) is 15.5. The average Bonchev–Trinajstić information content (AvgIpc) is 3.78. The second-order valence-electron chi connectivity index (χ2n) is 20.8. The van der Waals surface area contributed by atoms with Crippen LogP contribution in [0, 0.1) is 56.7 Å². The zero-order chi connectivity index (χ0) is 38.1. The maximum atomic E-state index is 14.0. The highest BCUT2D eigenvalue weighted by Crippen LogP contribution is 2.76. The second kappa shape index (κ2) is 12.2. The summed E-state index contributed by atoms with van der Waals surface area (Å²) in [5.41, 5.74) is 2.96. The van der Waals surface area contributed by atoms with Gasteiger partial charge in [-0.25, -0.2) is 12.8 Å². The Balaban J connectivity index is 1.05. The zero-order valence-electron chi connectivity index (χ0n) is 33.2. The van der Waals surface area contributed by atoms with E-state index in [1.165, 1.54) is 42.4 Å². The number of nitrogens with zero attached hydrogens (tertiary/aromatic N) is 1. The summed E-state index contributed by atoms with van der Waals surface area (Å²) in [6.07, 6.45) is 16.6. The van der Waals surface area contributed by atoms with Crippen LogP contribution in [-0.2, 0) is 19.4 Å². The van der Waals surface area contributed by atoms with Crippen molar-refractivity contribution in [3.63, 3.8) is 0 Å². The molecule has 0 aromatic heterocycles. The molecular weight excluding hydrogens is 688 g/mol. The summed E-state index contributed by atoms with van der Waals surface area (Å²) in [6, 6.07) is -0.159. The number of alkyl halides is 1. The Bertz CT molecular complexity index is 1770. The molecule has 6 aliphatic carbocycles. The second-order valence-corrected chi connectivity index (χ2v) is 23.1. The average molecular weight is 753 g/mol. The van der Waals surface area contributed by atoms with Crippen molar-refractivity contribution >= 4 is 21.7 Å². The van der Waals surface area contributed by atoms with E-state index in [0.29, 0.717) is 55.4 Å². The highest BCUT2D eigenvalue weighted by Gasteiger charge is 2.70. The van der Waals surface area contributed by atoms with Crippen LogP contribution < -0.4 is 5.32 Å². The lowest BCUT2D eigenvalue weighted by atomic mass is 9.33. The summed E-state index contributed by atoms with van der Waals surface area (Å²) in [4.78, 5) is 27.5. The van der Waals surface area contributed by atoms with Gasteiger partial charge in [-0.3, -0.25) is 9.59 Å². The third-order valence-electron chi connectivity index (χ3n) is 18.5. The van der Waals surface area contributed by atoms with E-state index >= 15 is 0 Å². The molecule has 1 unspecified atom stereocenters. The van der Waals surface area contributed by atoms with Crippen LogP contribution in [0.2, 0.25) is 0 Å². The van der Waals surface area contributed by atoms with Crippen molar-refractivity contribution in [3.05, 3.63) is 35.5 Å². The Hall–Kier alpha value is -2.00. The number of carboxylic acid groups (broad SMARTS) is 1. The van der Waals surface area contributed by atoms with Crippen LogP contribution in [0.1, 0.15) is 125 Å². The smallest absolute Gasteiger partial charge is 0.312 e. The maximum absolute atomic E-state index is 14.0. The number of carbonyl (C=O) groups is 2. The van der Waals surface area contributed by atoms with E-state index in [1.54, 1.807) is 0 Å². The van der Waals surface area contributed by atoms with Crippen molar-refractivity contribution in [2.24, 2.45) is 56.7 Å². The Morgan fingerprint density at radius 3 is 2.32 bits per heavy atom. The summed E-state index contributed by atoms with van der Waals surface area (Å²) in [5.74, 6) is 1.68. The minimum absolute atomic E-state index is 0.0510. The highest BCUT2D eigenvalue weighted by molar-refractivity contribution is 7.92. The number of aliphatic carboxylic acids is 1. The highest BCUT2D eigenvalue weighted by atomic mass is 32.2. The number of halogens is 1. The molecule has 4 saturated carbocycles. The van der Waals surface area contributed by atoms with Gasteiger partial charge in [0, 0.05) is 18.1 Å². The van der Waals surface area contributed by atoms with Gasteiger partial charge < -0.3 is 15.3 Å². The quantitative estimate of drug-likeness (QED) is 0.255. The van der Waals surface area contributed by atoms with Gasteiger partial charge in [-0.1, -0.05) is 58.9 Å². The first kappa shape index (κ1) is 37.9. The number of rotatable bonds is 7. The molecule has 0 aromatic rings. The molecule has 12 atom stereocenters. The van der Waals surface area contributed by atoms with Gasteiger partial charge in [0.2, 0.25) is 5.91 Å². The summed E-state index contributed by atoms with van der Waals surface area (Å²) in [6.45, 7) is 19.3. The Morgan fingerprint density at radius 1 is 0.962 bits per heavy atom. The van der Waals surface area contributed by atoms with E-state index in [2.05, 4.69) is 65.6 Å². The van der Waals surface area contributed by atoms with Crippen LogP contribution in [0.15, 0.2) is 35.5 Å². The SMILES string of the molecule is C=C(C)C1CC[C@]2(NCC(=O)N3C[C@@H]4C[C@H]3CS4(=O)=O)CC[C@]3(C)[C@H](CC[C@@H]4[C@@]5(C)CC=C(C6=CC[C@](CF)(C(=O)O)CC6)C(C)(C)[C@@H]5CC[C@]43C)[C@@H]12. The van der Waals surface area contributed by atoms with E-state index in [1.807, 2.05) is 4.90 Å². The first-order valence-corrected chi connectivity index (χ1v) is 22.6. The molecule has 2 heterocycles. The standard InChI is InChI=1S/C44H65FN2O5S/c1-27(2)31-12-19-44(46-23-36(48)47-24-30-22-29(47)25-53(30,51)52)21-20-41(6)33(37(31)44)8-9-35-40(5)15-13-32(39(3,4)34(40)14-16-42(35,41)7)28-10-17-43(26-45,18-11-28)38(49)50/h10,13,29-31,33-35,37,46H,1,8-9,11-12,14-26H2,2-7H3,(H,49,50)/t29-,30-,31?,33+,34-,35+,37+,40-,41+,42+,43-,44-/m0/s1. The van der Waals surface area contributed by atoms with Gasteiger partial charge >= 0.3 is 5.97 Å². The molecule has 8 rings (SSSR count). The van der Waals surface area contributed by atoms with Crippen molar-refractivity contribution in [2.45, 2.75) is 142 Å². The zero-order valence-corrected chi connectivity index (χ0v) is 34.1. The van der Waals surface area contributed by atoms with Crippen LogP contribution in [0.3, 0.4) is 0 Å². The molecular formula is C44H65FN2O5S. The molecule has 6 fully saturated rings. The lowest BCUT2D eigenvalue weighted by molar-refractivity contribution is -0.221. The van der Waals surface area contributed by atoms with Crippen LogP contribution in [0.5, 0.6) is 0 Å². The third-order valence-corrected chi connectivity index (χ3v) is 20.7. The van der Waals surface area contributed by atoms with Gasteiger partial charge in [-0.15, -0.1) is 0 Å². The molecule has 2 N–H and O–H groups in total. The van der Waals surface area contributed by atoms with Gasteiger partial charge in [0.25, 0.3) is 0 Å². The lowest BCUT2D eigenvalue weighted by Gasteiger charge is -2.72. The monoisotopic (exact) mass is 752 g/mol. The summed E-state index contributed by atoms with van der Waals surface area (Å²) in [5, 5.41) is 13.4. The van der Waals surface area contributed by atoms with E-state index in [0.717, 1.165) is 32.1 Å². The number of likely N-dealkylation sites (tertiary alicyclic amines) is 1. The topological polar surface area (TPSA) is 104 Å². The molecule has 0 radical (unpaired) electrons. The van der Waals surface area contributed by atoms with Crippen LogP contribution >= 0.6 is 0 Å². The minimum atomic E-state index is -3.05. The molecule has 7 nitrogen and oxygen atoms in total. The van der Waals surface area contributed by atoms with Crippen molar-refractivity contribution in [1.82, 2.24) is 10.2 Å². The van der Waals surface area contributed by atoms with E-state index < -0.39 is 27.9 Å². The van der Waals surface area contributed by atoms with E-state index in [-0.39, 0.29) is 63.1 Å². The number of nitrogens with one attached hydrogen (secondary N) is 1. The first-order chi connectivity index (χ1) is 24.8. The summed E-state index contributed by atoms with van der Waals surface area (Å²) in [7, 11) is -3.05. The van der Waals surface area contributed by atoms with Crippen LogP contribution in [0.4, 0.5) is 4.39 Å². The predicted molar refractivity (Wildman–Crippen MR) is 206 cm³/mol. The molecule has 8 aliphatic rings. The summed E-state index contributed by atoms with van der Waals surface area (Å²) < 4.78 is 38.8. The number of amides is 1. The van der Waals surface area contributed by atoms with Gasteiger partial charge in [0.05, 0.1) is 23.0 Å². The van der Waals surface area contributed by atoms with E-state index in [4.69, 9.17) is 0 Å². The predicted octanol–water partition coefficient (Wildman–Crippen LogP) is 8.07. The van der Waals surface area contributed by atoms with Gasteiger partial charge in [-0.2, -0.15) is 0 Å². The van der Waals surface area contributed by atoms with Crippen LogP contribution in [0.25, 0.3) is 0 Å². The number of hydrogen-bond donors (Lipinski definition) is 2. The largest absolute Gasteiger partial charge is 0.481 e.